The first-order valence-corrected chi connectivity index (χ1v) is 6.84. The van der Waals surface area contributed by atoms with Gasteiger partial charge in [-0.05, 0) is 6.08 Å². The zero-order valence-electron chi connectivity index (χ0n) is 10.5. The molecule has 2 rings (SSSR count). The van der Waals surface area contributed by atoms with Crippen LogP contribution < -0.4 is 11.5 Å². The molecule has 0 amide bonds. The van der Waals surface area contributed by atoms with Crippen LogP contribution in [0.3, 0.4) is 0 Å². The van der Waals surface area contributed by atoms with Crippen LogP contribution in [0, 0.1) is 0 Å². The Balaban J connectivity index is 0.00000200. The van der Waals surface area contributed by atoms with Crippen LogP contribution in [0.15, 0.2) is 16.9 Å². The van der Waals surface area contributed by atoms with E-state index >= 15 is 0 Å². The monoisotopic (exact) mass is 311 g/mol. The van der Waals surface area contributed by atoms with Crippen molar-refractivity contribution in [2.45, 2.75) is 6.17 Å². The first-order valence-electron chi connectivity index (χ1n) is 5.47. The molecule has 0 bridgehead atoms. The van der Waals surface area contributed by atoms with E-state index in [4.69, 9.17) is 20.8 Å². The van der Waals surface area contributed by atoms with Crippen LogP contribution in [0.2, 0.25) is 0 Å². The number of nitrogens with zero attached hydrogens (tertiary/aromatic N) is 3. The second-order valence-electron chi connectivity index (χ2n) is 3.91. The van der Waals surface area contributed by atoms with Gasteiger partial charge in [0.2, 0.25) is 5.96 Å². The zero-order chi connectivity index (χ0) is 14.0. The minimum Gasteiger partial charge on any atom is -0.412 e. The highest BCUT2D eigenvalue weighted by molar-refractivity contribution is 7.80. The summed E-state index contributed by atoms with van der Waals surface area (Å²) in [6, 6.07) is 0. The summed E-state index contributed by atoms with van der Waals surface area (Å²) in [5.74, 6) is 0.262. The van der Waals surface area contributed by atoms with Gasteiger partial charge in [0.05, 0.1) is 13.2 Å². The fraction of sp³-hybridized carbons (Fsp3) is 0.625. The summed E-state index contributed by atoms with van der Waals surface area (Å²) in [5, 5.41) is 0.610. The molecule has 0 aromatic heterocycles. The van der Waals surface area contributed by atoms with Crippen molar-refractivity contribution in [3.8, 4) is 0 Å². The largest absolute Gasteiger partial charge is 0.418 e. The highest BCUT2D eigenvalue weighted by Gasteiger charge is 2.28. The van der Waals surface area contributed by atoms with Crippen molar-refractivity contribution >= 4 is 16.4 Å². The van der Waals surface area contributed by atoms with Gasteiger partial charge in [0, 0.05) is 13.1 Å². The van der Waals surface area contributed by atoms with Crippen LogP contribution in [0.1, 0.15) is 0 Å². The average molecular weight is 311 g/mol. The third kappa shape index (κ3) is 4.03. The minimum atomic E-state index is -4.71. The highest BCUT2D eigenvalue weighted by atomic mass is 32.3. The van der Waals surface area contributed by atoms with Crippen LogP contribution in [0.5, 0.6) is 0 Å². The molecule has 0 aromatic carbocycles. The SMILES string of the molecule is NC1=NC(N2CCOCC2)=CC(N)N1OS(=O)(=O)O.O. The summed E-state index contributed by atoms with van der Waals surface area (Å²) in [5.41, 5.74) is 11.3. The third-order valence-electron chi connectivity index (χ3n) is 2.56. The maximum atomic E-state index is 10.7. The number of morpholine rings is 1. The van der Waals surface area contributed by atoms with Gasteiger partial charge in [-0.2, -0.15) is 18.5 Å². The first-order chi connectivity index (χ1) is 8.87. The number of guanidine groups is 1. The van der Waals surface area contributed by atoms with E-state index < -0.39 is 16.6 Å². The number of ether oxygens (including phenoxy) is 1. The molecule has 1 saturated heterocycles. The van der Waals surface area contributed by atoms with E-state index in [0.29, 0.717) is 37.2 Å². The van der Waals surface area contributed by atoms with E-state index in [9.17, 15) is 8.42 Å². The lowest BCUT2D eigenvalue weighted by atomic mass is 10.3. The van der Waals surface area contributed by atoms with Crippen molar-refractivity contribution in [2.75, 3.05) is 26.3 Å². The Kier molecular flexibility index (Phi) is 5.27. The van der Waals surface area contributed by atoms with Gasteiger partial charge in [0.15, 0.2) is 0 Å². The summed E-state index contributed by atoms with van der Waals surface area (Å²) in [6.07, 6.45) is 0.504. The van der Waals surface area contributed by atoms with Crippen LogP contribution in [0.25, 0.3) is 0 Å². The Morgan fingerprint density at radius 3 is 2.55 bits per heavy atom. The summed E-state index contributed by atoms with van der Waals surface area (Å²) in [7, 11) is -4.71. The van der Waals surface area contributed by atoms with Crippen molar-refractivity contribution in [2.24, 2.45) is 16.5 Å². The molecular formula is C8H17N5O6S. The molecule has 11 nitrogen and oxygen atoms in total. The topological polar surface area (TPSA) is 175 Å². The van der Waals surface area contributed by atoms with Crippen molar-refractivity contribution < 1.29 is 27.5 Å². The van der Waals surface area contributed by atoms with Crippen molar-refractivity contribution in [1.82, 2.24) is 9.96 Å². The number of aliphatic imine (C=N–C) groups is 1. The molecule has 0 saturated carbocycles. The van der Waals surface area contributed by atoms with Gasteiger partial charge in [0.1, 0.15) is 12.0 Å². The number of hydroxylamine groups is 2. The highest BCUT2D eigenvalue weighted by Crippen LogP contribution is 2.16. The van der Waals surface area contributed by atoms with E-state index in [-0.39, 0.29) is 11.4 Å². The Morgan fingerprint density at radius 2 is 2.05 bits per heavy atom. The number of hydrogen-bond donors (Lipinski definition) is 3. The molecule has 1 unspecified atom stereocenters. The van der Waals surface area contributed by atoms with E-state index in [1.54, 1.807) is 0 Å². The molecule has 0 aliphatic carbocycles. The molecule has 1 fully saturated rings. The Bertz CT molecular complexity index is 499. The Morgan fingerprint density at radius 1 is 1.45 bits per heavy atom. The van der Waals surface area contributed by atoms with Gasteiger partial charge < -0.3 is 26.6 Å². The lowest BCUT2D eigenvalue weighted by Crippen LogP contribution is -2.52. The molecule has 0 radical (unpaired) electrons. The Hall–Kier alpha value is -1.44. The molecule has 0 aromatic rings. The van der Waals surface area contributed by atoms with Crippen LogP contribution in [-0.2, 0) is 19.4 Å². The third-order valence-corrected chi connectivity index (χ3v) is 2.90. The van der Waals surface area contributed by atoms with Crippen LogP contribution in [0.4, 0.5) is 0 Å². The number of nitrogens with two attached hydrogens (primary N) is 2. The molecule has 7 N–H and O–H groups in total. The Labute approximate surface area is 115 Å². The van der Waals surface area contributed by atoms with Crippen LogP contribution in [-0.4, -0.2) is 66.8 Å². The summed E-state index contributed by atoms with van der Waals surface area (Å²) >= 11 is 0. The summed E-state index contributed by atoms with van der Waals surface area (Å²) < 4.78 is 39.4. The lowest BCUT2D eigenvalue weighted by Gasteiger charge is -2.34. The molecule has 1 atom stereocenters. The van der Waals surface area contributed by atoms with Crippen molar-refractivity contribution in [3.63, 3.8) is 0 Å². The van der Waals surface area contributed by atoms with Gasteiger partial charge in [-0.3, -0.25) is 4.55 Å². The van der Waals surface area contributed by atoms with Gasteiger partial charge in [-0.25, -0.2) is 0 Å². The van der Waals surface area contributed by atoms with E-state index in [1.165, 1.54) is 6.08 Å². The van der Waals surface area contributed by atoms with Crippen molar-refractivity contribution in [1.29, 1.82) is 0 Å². The molecule has 116 valence electrons. The van der Waals surface area contributed by atoms with Gasteiger partial charge in [-0.1, -0.05) is 0 Å². The predicted octanol–water partition coefficient (Wildman–Crippen LogP) is -3.02. The summed E-state index contributed by atoms with van der Waals surface area (Å²) in [4.78, 5) is 5.90. The molecule has 20 heavy (non-hydrogen) atoms. The normalized spacial score (nSPS) is 23.8. The van der Waals surface area contributed by atoms with Gasteiger partial charge >= 0.3 is 10.4 Å². The lowest BCUT2D eigenvalue weighted by molar-refractivity contribution is -0.0146. The molecule has 12 heteroatoms. The standard InChI is InChI=1S/C8H15N5O5S.H2O/c9-6-5-7(12-1-3-17-4-2-12)11-8(10)13(6)18-19(14,15)16;/h5-6H,1-4,9H2,(H2,10,11)(H,14,15,16);1H2. The molecule has 2 heterocycles. The van der Waals surface area contributed by atoms with Crippen molar-refractivity contribution in [3.05, 3.63) is 11.9 Å². The van der Waals surface area contributed by atoms with Crippen LogP contribution >= 0.6 is 0 Å². The smallest absolute Gasteiger partial charge is 0.412 e. The number of hydrogen-bond acceptors (Lipinski definition) is 9. The zero-order valence-corrected chi connectivity index (χ0v) is 11.3. The first kappa shape index (κ1) is 16.6. The fourth-order valence-corrected chi connectivity index (χ4v) is 2.11. The quantitative estimate of drug-likeness (QED) is 0.458. The van der Waals surface area contributed by atoms with Gasteiger partial charge in [-0.15, -0.1) is 4.28 Å². The maximum absolute atomic E-state index is 10.7. The van der Waals surface area contributed by atoms with E-state index in [2.05, 4.69) is 9.28 Å². The van der Waals surface area contributed by atoms with E-state index in [1.807, 2.05) is 4.90 Å². The molecular weight excluding hydrogens is 294 g/mol. The second kappa shape index (κ2) is 6.34. The minimum absolute atomic E-state index is 0. The molecule has 2 aliphatic heterocycles. The average Bonchev–Trinajstić information content (AvgIpc) is 2.33. The molecule has 0 spiro atoms. The predicted molar refractivity (Wildman–Crippen MR) is 68.2 cm³/mol. The van der Waals surface area contributed by atoms with Gasteiger partial charge in [0.25, 0.3) is 0 Å². The molecule has 2 aliphatic rings. The summed E-state index contributed by atoms with van der Waals surface area (Å²) in [6.45, 7) is 2.39. The van der Waals surface area contributed by atoms with E-state index in [0.717, 1.165) is 0 Å². The second-order valence-corrected chi connectivity index (χ2v) is 4.92. The fourth-order valence-electron chi connectivity index (χ4n) is 1.73. The maximum Gasteiger partial charge on any atom is 0.418 e. The number of rotatable bonds is 3.